The Hall–Kier alpha value is -2.76. The van der Waals surface area contributed by atoms with Crippen molar-refractivity contribution in [2.45, 2.75) is 38.5 Å². The van der Waals surface area contributed by atoms with Gasteiger partial charge in [0.25, 0.3) is 0 Å². The third-order valence-electron chi connectivity index (χ3n) is 3.23. The van der Waals surface area contributed by atoms with Crippen LogP contribution < -0.4 is 0 Å². The lowest BCUT2D eigenvalue weighted by molar-refractivity contribution is -0.138. The van der Waals surface area contributed by atoms with Gasteiger partial charge in [-0.15, -0.1) is 0 Å². The Morgan fingerprint density at radius 2 is 1.00 bits per heavy atom. The maximum atomic E-state index is 10.0. The van der Waals surface area contributed by atoms with Crippen LogP contribution >= 0.6 is 0 Å². The lowest BCUT2D eigenvalue weighted by Crippen LogP contribution is -1.95. The van der Waals surface area contributed by atoms with Crippen LogP contribution in [0.15, 0.2) is 49.1 Å². The molecule has 0 unspecified atom stereocenters. The summed E-state index contributed by atoms with van der Waals surface area (Å²) in [6.45, 7) is 0. The largest absolute Gasteiger partial charge is 0.481 e. The average Bonchev–Trinajstić information content (AvgIpc) is 2.60. The third-order valence-corrected chi connectivity index (χ3v) is 3.23. The fourth-order valence-electron chi connectivity index (χ4n) is 1.99. The van der Waals surface area contributed by atoms with Gasteiger partial charge in [-0.2, -0.15) is 0 Å². The topological polar surface area (TPSA) is 100 Å². The highest BCUT2D eigenvalue weighted by Crippen LogP contribution is 2.15. The minimum atomic E-state index is -0.784. The first-order valence-corrected chi connectivity index (χ1v) is 7.83. The number of carboxylic acids is 2. The van der Waals surface area contributed by atoms with Gasteiger partial charge in [0.2, 0.25) is 0 Å². The zero-order valence-corrected chi connectivity index (χ0v) is 13.5. The summed E-state index contributed by atoms with van der Waals surface area (Å²) in [5.74, 6) is -1.57. The van der Waals surface area contributed by atoms with Gasteiger partial charge in [0.05, 0.1) is 0 Å². The van der Waals surface area contributed by atoms with Gasteiger partial charge in [0.15, 0.2) is 0 Å². The van der Waals surface area contributed by atoms with Crippen LogP contribution in [-0.2, 0) is 9.59 Å². The van der Waals surface area contributed by atoms with Gasteiger partial charge in [0, 0.05) is 37.6 Å². The van der Waals surface area contributed by atoms with Crippen LogP contribution in [0.4, 0.5) is 0 Å². The summed E-state index contributed by atoms with van der Waals surface area (Å²) in [5, 5.41) is 16.5. The van der Waals surface area contributed by atoms with Crippen molar-refractivity contribution in [1.82, 2.24) is 9.97 Å². The monoisotopic (exact) mass is 330 g/mol. The number of hydrogen-bond donors (Lipinski definition) is 2. The second-order valence-corrected chi connectivity index (χ2v) is 5.17. The highest BCUT2D eigenvalue weighted by atomic mass is 16.4. The summed E-state index contributed by atoms with van der Waals surface area (Å²) in [5.41, 5.74) is 2.35. The Bertz CT molecular complexity index is 547. The van der Waals surface area contributed by atoms with Crippen molar-refractivity contribution in [3.8, 4) is 11.1 Å². The number of carboxylic acid groups (broad SMARTS) is 2. The highest BCUT2D eigenvalue weighted by molar-refractivity contribution is 5.67. The van der Waals surface area contributed by atoms with Gasteiger partial charge in [-0.25, -0.2) is 0 Å². The molecule has 0 amide bonds. The Morgan fingerprint density at radius 3 is 1.29 bits per heavy atom. The first-order chi connectivity index (χ1) is 11.6. The smallest absolute Gasteiger partial charge is 0.303 e. The lowest BCUT2D eigenvalue weighted by Gasteiger charge is -1.97. The third kappa shape index (κ3) is 9.30. The number of hydrogen-bond acceptors (Lipinski definition) is 4. The van der Waals surface area contributed by atoms with E-state index in [1.165, 1.54) is 11.1 Å². The van der Waals surface area contributed by atoms with Crippen LogP contribution in [0.25, 0.3) is 11.1 Å². The van der Waals surface area contributed by atoms with Crippen molar-refractivity contribution in [1.29, 1.82) is 0 Å². The van der Waals surface area contributed by atoms with E-state index >= 15 is 0 Å². The Morgan fingerprint density at radius 1 is 0.667 bits per heavy atom. The second kappa shape index (κ2) is 11.8. The van der Waals surface area contributed by atoms with E-state index in [-0.39, 0.29) is 12.8 Å². The zero-order chi connectivity index (χ0) is 17.6. The summed E-state index contributed by atoms with van der Waals surface area (Å²) in [4.78, 5) is 28.0. The Kier molecular flexibility index (Phi) is 9.45. The molecule has 6 nitrogen and oxygen atoms in total. The van der Waals surface area contributed by atoms with E-state index in [1.807, 2.05) is 24.3 Å². The van der Waals surface area contributed by atoms with Crippen molar-refractivity contribution >= 4 is 11.9 Å². The molecule has 2 heterocycles. The van der Waals surface area contributed by atoms with Crippen molar-refractivity contribution < 1.29 is 19.8 Å². The lowest BCUT2D eigenvalue weighted by atomic mass is 10.1. The molecule has 2 rings (SSSR count). The fourth-order valence-corrected chi connectivity index (χ4v) is 1.99. The van der Waals surface area contributed by atoms with Crippen LogP contribution in [0, 0.1) is 0 Å². The van der Waals surface area contributed by atoms with Gasteiger partial charge >= 0.3 is 11.9 Å². The van der Waals surface area contributed by atoms with Crippen LogP contribution in [0.1, 0.15) is 38.5 Å². The molecule has 0 aliphatic rings. The molecule has 6 heteroatoms. The summed E-state index contributed by atoms with van der Waals surface area (Å²) in [7, 11) is 0. The van der Waals surface area contributed by atoms with Crippen molar-refractivity contribution in [2.24, 2.45) is 0 Å². The molecule has 0 spiro atoms. The molecule has 128 valence electrons. The van der Waals surface area contributed by atoms with Gasteiger partial charge < -0.3 is 10.2 Å². The average molecular weight is 330 g/mol. The molecule has 24 heavy (non-hydrogen) atoms. The Labute approximate surface area is 141 Å². The maximum absolute atomic E-state index is 10.0. The molecule has 0 fully saturated rings. The number of unbranched alkanes of at least 4 members (excludes halogenated alkanes) is 3. The molecule has 0 aliphatic heterocycles. The molecule has 2 N–H and O–H groups in total. The number of pyridine rings is 2. The van der Waals surface area contributed by atoms with E-state index in [2.05, 4.69) is 9.97 Å². The molecular formula is C18H22N2O4. The van der Waals surface area contributed by atoms with Crippen LogP contribution in [0.5, 0.6) is 0 Å². The highest BCUT2D eigenvalue weighted by Gasteiger charge is 1.98. The maximum Gasteiger partial charge on any atom is 0.303 e. The number of aromatic nitrogens is 2. The first kappa shape index (κ1) is 19.3. The van der Waals surface area contributed by atoms with Crippen LogP contribution in [0.3, 0.4) is 0 Å². The SMILES string of the molecule is O=C(O)CCCCCCC(=O)O.c1cc(-c2ccncc2)ccn1. The molecule has 2 aromatic rings. The van der Waals surface area contributed by atoms with E-state index in [1.54, 1.807) is 24.8 Å². The summed E-state index contributed by atoms with van der Waals surface area (Å²) in [6, 6.07) is 7.93. The predicted octanol–water partition coefficient (Wildman–Crippen LogP) is 3.64. The van der Waals surface area contributed by atoms with Gasteiger partial charge in [0.1, 0.15) is 0 Å². The van der Waals surface area contributed by atoms with E-state index < -0.39 is 11.9 Å². The predicted molar refractivity (Wildman–Crippen MR) is 90.4 cm³/mol. The van der Waals surface area contributed by atoms with Crippen LogP contribution in [-0.4, -0.2) is 32.1 Å². The van der Waals surface area contributed by atoms with Crippen molar-refractivity contribution in [3.63, 3.8) is 0 Å². The second-order valence-electron chi connectivity index (χ2n) is 5.17. The summed E-state index contributed by atoms with van der Waals surface area (Å²) >= 11 is 0. The van der Waals surface area contributed by atoms with E-state index in [0.717, 1.165) is 12.8 Å². The normalized spacial score (nSPS) is 9.67. The van der Waals surface area contributed by atoms with Gasteiger partial charge in [-0.1, -0.05) is 12.8 Å². The van der Waals surface area contributed by atoms with Gasteiger partial charge in [-0.05, 0) is 48.2 Å². The first-order valence-electron chi connectivity index (χ1n) is 7.83. The molecule has 0 aromatic carbocycles. The molecular weight excluding hydrogens is 308 g/mol. The van der Waals surface area contributed by atoms with Crippen molar-refractivity contribution in [3.05, 3.63) is 49.1 Å². The Balaban J connectivity index is 0.000000240. The van der Waals surface area contributed by atoms with Crippen molar-refractivity contribution in [2.75, 3.05) is 0 Å². The number of rotatable bonds is 8. The molecule has 0 aliphatic carbocycles. The number of aliphatic carboxylic acids is 2. The molecule has 0 saturated carbocycles. The van der Waals surface area contributed by atoms with E-state index in [4.69, 9.17) is 10.2 Å². The quantitative estimate of drug-likeness (QED) is 0.717. The summed E-state index contributed by atoms with van der Waals surface area (Å²) in [6.07, 6.45) is 10.4. The molecule has 0 saturated heterocycles. The molecule has 2 aromatic heterocycles. The molecule has 0 bridgehead atoms. The van der Waals surface area contributed by atoms with E-state index in [0.29, 0.717) is 12.8 Å². The summed E-state index contributed by atoms with van der Waals surface area (Å²) < 4.78 is 0. The van der Waals surface area contributed by atoms with Gasteiger partial charge in [-0.3, -0.25) is 19.6 Å². The molecule has 0 atom stereocenters. The number of carbonyl (C=O) groups is 2. The molecule has 0 radical (unpaired) electrons. The minimum absolute atomic E-state index is 0.188. The van der Waals surface area contributed by atoms with E-state index in [9.17, 15) is 9.59 Å². The number of nitrogens with zero attached hydrogens (tertiary/aromatic N) is 2. The minimum Gasteiger partial charge on any atom is -0.481 e. The fraction of sp³-hybridized carbons (Fsp3) is 0.333. The standard InChI is InChI=1S/C10H8N2.C8H14O4/c1-5-11-6-2-9(1)10-3-7-12-8-4-10;9-7(10)5-3-1-2-4-6-8(11)12/h1-8H;1-6H2,(H,9,10)(H,11,12). The zero-order valence-electron chi connectivity index (χ0n) is 13.5. The van der Waals surface area contributed by atoms with Crippen LogP contribution in [0.2, 0.25) is 0 Å².